The highest BCUT2D eigenvalue weighted by atomic mass is 35.5. The molecule has 15 atom stereocenters. The molecule has 1 heterocycles. The van der Waals surface area contributed by atoms with Gasteiger partial charge in [0.25, 0.3) is 0 Å². The quantitative estimate of drug-likeness (QED) is 0.179. The molecular weight excluding hydrogens is 875 g/mol. The number of carbonyl (C=O) groups excluding carboxylic acids is 6. The fourth-order valence-corrected chi connectivity index (χ4v) is 16.1. The maximum atomic E-state index is 17.2. The van der Waals surface area contributed by atoms with E-state index in [0.717, 1.165) is 24.0 Å². The number of Topliss-reactive ketones (excluding diaryl/α,β-unsaturated/α-hetero) is 2. The fourth-order valence-electron chi connectivity index (χ4n) is 15.9. The van der Waals surface area contributed by atoms with Crippen LogP contribution in [-0.2, 0) is 47.7 Å². The minimum absolute atomic E-state index is 0.000515. The van der Waals surface area contributed by atoms with Crippen LogP contribution in [0, 0.1) is 51.2 Å². The predicted octanol–water partition coefficient (Wildman–Crippen LogP) is 7.59. The number of rotatable bonds is 8. The summed E-state index contributed by atoms with van der Waals surface area (Å²) in [6, 6.07) is 0. The van der Waals surface area contributed by atoms with Crippen molar-refractivity contribution in [3.8, 4) is 0 Å². The van der Waals surface area contributed by atoms with Gasteiger partial charge in [0.05, 0.1) is 30.8 Å². The average molecular weight is 944 g/mol. The Labute approximate surface area is 391 Å². The second kappa shape index (κ2) is 16.7. The van der Waals surface area contributed by atoms with Crippen LogP contribution in [0.3, 0.4) is 0 Å². The summed E-state index contributed by atoms with van der Waals surface area (Å²) in [6.07, 6.45) is 8.59. The summed E-state index contributed by atoms with van der Waals surface area (Å²) in [5.74, 6) is -3.07. The molecule has 364 valence electrons. The highest BCUT2D eigenvalue weighted by Gasteiger charge is 2.80. The molecule has 0 spiro atoms. The van der Waals surface area contributed by atoms with Gasteiger partial charge in [0.2, 0.25) is 5.78 Å². The summed E-state index contributed by atoms with van der Waals surface area (Å²) < 4.78 is 45.8. The SMILES string of the molecule is CC1(C)O[C@@H]2C[C@H]3[C@@H]4CCC5=CC(=O)CC[C@]5(C)[C@@]4(F)[C@@H](O)C[C@]3(C)[C@]2(C(=O)CCl)O1.CCOC(=O)O[C@]1(C(=O)COC(=O)CC)CC[C@H]2[C@@H]3CCC4=CC(=O)C=C[C@]4(C)[C@H]3[C@@H](O)C[C@@]21C. The molecule has 0 bridgehead atoms. The van der Waals surface area contributed by atoms with Crippen molar-refractivity contribution in [2.45, 2.75) is 173 Å². The molecule has 13 nitrogen and oxygen atoms in total. The monoisotopic (exact) mass is 942 g/mol. The van der Waals surface area contributed by atoms with Crippen molar-refractivity contribution >= 4 is 46.9 Å². The van der Waals surface area contributed by atoms with Gasteiger partial charge in [-0.05, 0) is 121 Å². The third kappa shape index (κ3) is 6.85. The summed E-state index contributed by atoms with van der Waals surface area (Å²) in [7, 11) is 0. The number of hydrogen-bond acceptors (Lipinski definition) is 13. The summed E-state index contributed by atoms with van der Waals surface area (Å²) in [5, 5.41) is 23.0. The van der Waals surface area contributed by atoms with Crippen molar-refractivity contribution in [2.24, 2.45) is 51.2 Å². The van der Waals surface area contributed by atoms with Crippen molar-refractivity contribution < 1.29 is 67.1 Å². The van der Waals surface area contributed by atoms with Crippen LogP contribution in [0.25, 0.3) is 0 Å². The number of esters is 1. The molecule has 9 aliphatic rings. The lowest BCUT2D eigenvalue weighted by atomic mass is 9.44. The van der Waals surface area contributed by atoms with Gasteiger partial charge in [-0.15, -0.1) is 11.6 Å². The van der Waals surface area contributed by atoms with Crippen molar-refractivity contribution in [3.63, 3.8) is 0 Å². The van der Waals surface area contributed by atoms with Crippen LogP contribution in [-0.4, -0.2) is 106 Å². The summed E-state index contributed by atoms with van der Waals surface area (Å²) in [4.78, 5) is 75.3. The molecular formula is C51H68ClFO13. The van der Waals surface area contributed by atoms with E-state index in [9.17, 15) is 39.0 Å². The molecule has 7 fully saturated rings. The maximum Gasteiger partial charge on any atom is 0.509 e. The van der Waals surface area contributed by atoms with Crippen LogP contribution in [0.15, 0.2) is 35.5 Å². The van der Waals surface area contributed by atoms with Gasteiger partial charge in [-0.3, -0.25) is 24.0 Å². The third-order valence-electron chi connectivity index (χ3n) is 18.8. The van der Waals surface area contributed by atoms with Crippen molar-refractivity contribution in [2.75, 3.05) is 19.1 Å². The number of ketones is 4. The topological polar surface area (TPSA) is 189 Å². The molecule has 0 aromatic carbocycles. The van der Waals surface area contributed by atoms with Gasteiger partial charge < -0.3 is 33.9 Å². The number of ether oxygens (including phenoxy) is 5. The molecule has 0 amide bonds. The van der Waals surface area contributed by atoms with E-state index in [2.05, 4.69) is 6.92 Å². The van der Waals surface area contributed by atoms with Gasteiger partial charge in [0, 0.05) is 46.3 Å². The average Bonchev–Trinajstić information content (AvgIpc) is 3.80. The predicted molar refractivity (Wildman–Crippen MR) is 237 cm³/mol. The minimum atomic E-state index is -1.86. The van der Waals surface area contributed by atoms with Crippen molar-refractivity contribution in [1.82, 2.24) is 0 Å². The number of fused-ring (bicyclic) bond motifs is 12. The first kappa shape index (κ1) is 49.1. The van der Waals surface area contributed by atoms with Crippen molar-refractivity contribution in [3.05, 3.63) is 35.5 Å². The minimum Gasteiger partial charge on any atom is -0.457 e. The molecule has 9 rings (SSSR count). The fraction of sp³-hybridized carbons (Fsp3) is 0.765. The van der Waals surface area contributed by atoms with Crippen LogP contribution >= 0.6 is 11.6 Å². The Hall–Kier alpha value is -3.30. The van der Waals surface area contributed by atoms with Gasteiger partial charge in [0.1, 0.15) is 5.67 Å². The van der Waals surface area contributed by atoms with Gasteiger partial charge in [-0.2, -0.15) is 0 Å². The van der Waals surface area contributed by atoms with E-state index in [1.54, 1.807) is 45.9 Å². The van der Waals surface area contributed by atoms with E-state index < -0.39 is 93.1 Å². The molecule has 15 heteroatoms. The summed E-state index contributed by atoms with van der Waals surface area (Å²) >= 11 is 6.05. The molecule has 6 saturated carbocycles. The van der Waals surface area contributed by atoms with Gasteiger partial charge in [-0.25, -0.2) is 9.18 Å². The zero-order chi connectivity index (χ0) is 48.2. The molecule has 0 aromatic rings. The Morgan fingerprint density at radius 3 is 2.24 bits per heavy atom. The van der Waals surface area contributed by atoms with E-state index in [1.165, 1.54) is 0 Å². The van der Waals surface area contributed by atoms with Crippen molar-refractivity contribution in [1.29, 1.82) is 0 Å². The normalized spacial score (nSPS) is 45.7. The number of halogens is 2. The lowest BCUT2D eigenvalue weighted by Gasteiger charge is -2.63. The Balaban J connectivity index is 0.000000181. The highest BCUT2D eigenvalue weighted by molar-refractivity contribution is 6.29. The lowest BCUT2D eigenvalue weighted by Crippen LogP contribution is -2.70. The molecule has 1 aliphatic heterocycles. The number of hydrogen-bond donors (Lipinski definition) is 2. The largest absolute Gasteiger partial charge is 0.509 e. The van der Waals surface area contributed by atoms with Gasteiger partial charge in [0.15, 0.2) is 40.9 Å². The number of carbonyl (C=O) groups is 6. The standard InChI is InChI=1S/C27H36O8.C24H32ClFO5/c1-5-22(31)34-15-21(30)27(35-24(32)33-6-2)12-10-19-18-8-7-16-13-17(28)9-11-25(16,3)23(18)20(29)14-26(19,27)4;1-20(2)30-19-10-16-15-6-5-13-9-14(27)7-8-21(13,3)23(15,26)17(28)11-22(16,4)24(19,31-20)18(29)12-25/h9,11,13,18-20,23,29H,5-8,10,12,14-15H2,1-4H3;9,15-17,19,28H,5-8,10-12H2,1-4H3/t18-,19-,20-,23+,25-,26-,27-;15-,16-,17-,19+,21-,22-,23-,24+/m00/s1. The molecule has 0 aromatic heterocycles. The highest BCUT2D eigenvalue weighted by Crippen LogP contribution is 2.73. The van der Waals surface area contributed by atoms with E-state index in [0.29, 0.717) is 38.5 Å². The Morgan fingerprint density at radius 2 is 1.56 bits per heavy atom. The molecule has 8 aliphatic carbocycles. The van der Waals surface area contributed by atoms with Crippen LogP contribution in [0.1, 0.15) is 132 Å². The van der Waals surface area contributed by atoms with Gasteiger partial charge in [-0.1, -0.05) is 51.8 Å². The van der Waals surface area contributed by atoms with E-state index in [-0.39, 0.29) is 79.2 Å². The molecule has 0 radical (unpaired) electrons. The Bertz CT molecular complexity index is 2170. The molecule has 1 saturated heterocycles. The van der Waals surface area contributed by atoms with E-state index in [1.807, 2.05) is 26.8 Å². The number of allylic oxidation sites excluding steroid dienone is 5. The number of alkyl halides is 2. The van der Waals surface area contributed by atoms with Crippen LogP contribution in [0.2, 0.25) is 0 Å². The molecule has 66 heavy (non-hydrogen) atoms. The third-order valence-corrected chi connectivity index (χ3v) is 19.1. The first-order valence-corrected chi connectivity index (χ1v) is 24.7. The zero-order valence-electron chi connectivity index (χ0n) is 39.7. The second-order valence-corrected chi connectivity index (χ2v) is 22.3. The van der Waals surface area contributed by atoms with E-state index >= 15 is 4.39 Å². The molecule has 0 unspecified atom stereocenters. The smallest absolute Gasteiger partial charge is 0.457 e. The first-order chi connectivity index (χ1) is 30.9. The van der Waals surface area contributed by atoms with Crippen LogP contribution in [0.4, 0.5) is 9.18 Å². The number of aliphatic hydroxyl groups excluding tert-OH is 2. The Kier molecular flexibility index (Phi) is 12.4. The summed E-state index contributed by atoms with van der Waals surface area (Å²) in [5.41, 5.74) is -5.81. The summed E-state index contributed by atoms with van der Waals surface area (Å²) in [6.45, 7) is 14.3. The zero-order valence-corrected chi connectivity index (χ0v) is 40.4. The van der Waals surface area contributed by atoms with E-state index in [4.69, 9.17) is 35.3 Å². The number of aliphatic hydroxyl groups is 2. The second-order valence-electron chi connectivity index (χ2n) is 22.1. The molecule has 2 N–H and O–H groups in total. The van der Waals surface area contributed by atoms with Gasteiger partial charge >= 0.3 is 12.1 Å². The lowest BCUT2D eigenvalue weighted by molar-refractivity contribution is -0.250. The first-order valence-electron chi connectivity index (χ1n) is 24.1. The van der Waals surface area contributed by atoms with Crippen LogP contribution < -0.4 is 0 Å². The van der Waals surface area contributed by atoms with Crippen LogP contribution in [0.5, 0.6) is 0 Å². The Morgan fingerprint density at radius 1 is 0.848 bits per heavy atom. The maximum absolute atomic E-state index is 17.2.